The normalized spacial score (nSPS) is 11.7. The molecule has 0 amide bonds. The van der Waals surface area contributed by atoms with E-state index in [1.165, 1.54) is 0 Å². The zero-order chi connectivity index (χ0) is 20.4. The van der Waals surface area contributed by atoms with Crippen LogP contribution in [0.2, 0.25) is 0 Å². The summed E-state index contributed by atoms with van der Waals surface area (Å²) in [5, 5.41) is 4.62. The molecule has 4 rings (SSSR count). The van der Waals surface area contributed by atoms with Crippen molar-refractivity contribution in [2.45, 2.75) is 6.10 Å². The summed E-state index contributed by atoms with van der Waals surface area (Å²) in [6.07, 6.45) is 3.81. The first-order valence-corrected chi connectivity index (χ1v) is 10.0. The van der Waals surface area contributed by atoms with E-state index in [9.17, 15) is 0 Å². The summed E-state index contributed by atoms with van der Waals surface area (Å²) in [5.74, 6) is 0. The molecule has 0 saturated heterocycles. The van der Waals surface area contributed by atoms with E-state index in [4.69, 9.17) is 4.84 Å². The molecule has 0 aliphatic rings. The number of hydrogen-bond acceptors (Lipinski definition) is 2. The summed E-state index contributed by atoms with van der Waals surface area (Å²) in [6.45, 7) is 0. The summed E-state index contributed by atoms with van der Waals surface area (Å²) < 4.78 is 0. The van der Waals surface area contributed by atoms with E-state index in [1.54, 1.807) is 0 Å². The highest BCUT2D eigenvalue weighted by Gasteiger charge is 2.12. The maximum atomic E-state index is 6.12. The Morgan fingerprint density at radius 2 is 1.07 bits per heavy atom. The van der Waals surface area contributed by atoms with E-state index in [1.807, 2.05) is 103 Å². The lowest BCUT2D eigenvalue weighted by atomic mass is 10.0. The van der Waals surface area contributed by atoms with E-state index in [0.29, 0.717) is 0 Å². The average Bonchev–Trinajstić information content (AvgIpc) is 2.84. The zero-order valence-electron chi connectivity index (χ0n) is 16.6. The van der Waals surface area contributed by atoms with E-state index < -0.39 is 0 Å². The van der Waals surface area contributed by atoms with Gasteiger partial charge in [0.15, 0.2) is 6.10 Å². The second-order valence-corrected chi connectivity index (χ2v) is 6.88. The Morgan fingerprint density at radius 1 is 0.600 bits per heavy atom. The topological polar surface area (TPSA) is 21.6 Å². The van der Waals surface area contributed by atoms with Gasteiger partial charge in [-0.05, 0) is 17.2 Å². The van der Waals surface area contributed by atoms with Gasteiger partial charge in [-0.15, -0.1) is 0 Å². The maximum absolute atomic E-state index is 6.12. The molecular formula is C28H23NO. The van der Waals surface area contributed by atoms with Gasteiger partial charge < -0.3 is 4.84 Å². The SMILES string of the molecule is C(=C\[C@H](ON=C(c1ccccc1)c1ccccc1)c1ccccc1)/c1ccccc1. The molecule has 0 aliphatic heterocycles. The molecule has 0 fully saturated rings. The Kier molecular flexibility index (Phi) is 6.49. The van der Waals surface area contributed by atoms with Gasteiger partial charge in [0.25, 0.3) is 0 Å². The summed E-state index contributed by atoms with van der Waals surface area (Å²) in [7, 11) is 0. The number of rotatable bonds is 7. The summed E-state index contributed by atoms with van der Waals surface area (Å²) in [6, 6.07) is 40.6. The molecule has 146 valence electrons. The fourth-order valence-corrected chi connectivity index (χ4v) is 3.19. The van der Waals surface area contributed by atoms with E-state index in [2.05, 4.69) is 35.5 Å². The van der Waals surface area contributed by atoms with E-state index >= 15 is 0 Å². The molecule has 0 bridgehead atoms. The van der Waals surface area contributed by atoms with Gasteiger partial charge in [0.2, 0.25) is 0 Å². The molecule has 0 spiro atoms. The highest BCUT2D eigenvalue weighted by atomic mass is 16.6. The van der Waals surface area contributed by atoms with Gasteiger partial charge in [0, 0.05) is 11.1 Å². The van der Waals surface area contributed by atoms with Crippen molar-refractivity contribution < 1.29 is 4.84 Å². The van der Waals surface area contributed by atoms with Crippen LogP contribution < -0.4 is 0 Å². The number of benzene rings is 4. The van der Waals surface area contributed by atoms with Crippen molar-refractivity contribution in [2.75, 3.05) is 0 Å². The zero-order valence-corrected chi connectivity index (χ0v) is 16.6. The third kappa shape index (κ3) is 5.12. The molecule has 30 heavy (non-hydrogen) atoms. The van der Waals surface area contributed by atoms with Crippen LogP contribution in [-0.4, -0.2) is 5.71 Å². The van der Waals surface area contributed by atoms with Gasteiger partial charge >= 0.3 is 0 Å². The molecular weight excluding hydrogens is 366 g/mol. The second kappa shape index (κ2) is 10.0. The number of hydrogen-bond donors (Lipinski definition) is 0. The van der Waals surface area contributed by atoms with Crippen molar-refractivity contribution >= 4 is 11.8 Å². The van der Waals surface area contributed by atoms with Crippen molar-refractivity contribution in [1.82, 2.24) is 0 Å². The molecule has 0 aromatic heterocycles. The van der Waals surface area contributed by atoms with Crippen LogP contribution in [0.25, 0.3) is 6.08 Å². The van der Waals surface area contributed by atoms with Crippen LogP contribution in [0.15, 0.2) is 133 Å². The van der Waals surface area contributed by atoms with Gasteiger partial charge in [-0.3, -0.25) is 0 Å². The fraction of sp³-hybridized carbons (Fsp3) is 0.0357. The first kappa shape index (κ1) is 19.4. The minimum atomic E-state index is -0.297. The van der Waals surface area contributed by atoms with E-state index in [-0.39, 0.29) is 6.10 Å². The predicted molar refractivity (Wildman–Crippen MR) is 124 cm³/mol. The first-order valence-electron chi connectivity index (χ1n) is 10.0. The number of nitrogens with zero attached hydrogens (tertiary/aromatic N) is 1. The fourth-order valence-electron chi connectivity index (χ4n) is 3.19. The molecule has 1 atom stereocenters. The highest BCUT2D eigenvalue weighted by molar-refractivity contribution is 6.12. The van der Waals surface area contributed by atoms with Crippen molar-refractivity contribution in [3.63, 3.8) is 0 Å². The molecule has 0 saturated carbocycles. The Bertz CT molecular complexity index is 1050. The van der Waals surface area contributed by atoms with Crippen LogP contribution in [0.4, 0.5) is 0 Å². The lowest BCUT2D eigenvalue weighted by Gasteiger charge is -2.14. The van der Waals surface area contributed by atoms with Crippen LogP contribution in [0, 0.1) is 0 Å². The Balaban J connectivity index is 1.68. The van der Waals surface area contributed by atoms with E-state index in [0.717, 1.165) is 28.0 Å². The molecule has 4 aromatic carbocycles. The van der Waals surface area contributed by atoms with Crippen LogP contribution in [0.1, 0.15) is 28.4 Å². The Labute approximate surface area is 177 Å². The van der Waals surface area contributed by atoms with Crippen LogP contribution in [0.5, 0.6) is 0 Å². The van der Waals surface area contributed by atoms with Gasteiger partial charge in [0.05, 0.1) is 0 Å². The van der Waals surface area contributed by atoms with Gasteiger partial charge in [0.1, 0.15) is 5.71 Å². The largest absolute Gasteiger partial charge is 0.383 e. The molecule has 2 nitrogen and oxygen atoms in total. The lowest BCUT2D eigenvalue weighted by Crippen LogP contribution is -2.06. The molecule has 0 aliphatic carbocycles. The molecule has 4 aromatic rings. The van der Waals surface area contributed by atoms with Crippen molar-refractivity contribution in [3.05, 3.63) is 150 Å². The molecule has 0 unspecified atom stereocenters. The summed E-state index contributed by atoms with van der Waals surface area (Å²) >= 11 is 0. The minimum absolute atomic E-state index is 0.297. The molecule has 2 heteroatoms. The first-order chi connectivity index (χ1) is 14.9. The quantitative estimate of drug-likeness (QED) is 0.248. The predicted octanol–water partition coefficient (Wildman–Crippen LogP) is 6.91. The van der Waals surface area contributed by atoms with Gasteiger partial charge in [-0.25, -0.2) is 0 Å². The van der Waals surface area contributed by atoms with Crippen molar-refractivity contribution in [2.24, 2.45) is 5.16 Å². The average molecular weight is 389 g/mol. The van der Waals surface area contributed by atoms with Crippen LogP contribution in [-0.2, 0) is 4.84 Å². The molecule has 0 radical (unpaired) electrons. The lowest BCUT2D eigenvalue weighted by molar-refractivity contribution is 0.0937. The minimum Gasteiger partial charge on any atom is -0.383 e. The second-order valence-electron chi connectivity index (χ2n) is 6.88. The summed E-state index contributed by atoms with van der Waals surface area (Å²) in [4.78, 5) is 6.12. The molecule has 0 N–H and O–H groups in total. The van der Waals surface area contributed by atoms with Crippen LogP contribution in [0.3, 0.4) is 0 Å². The standard InChI is InChI=1S/C28H23NO/c1-5-13-23(14-6-1)21-22-27(24-15-7-2-8-16-24)30-29-28(25-17-9-3-10-18-25)26-19-11-4-12-20-26/h1-22,27H/b22-21+/t27-/m0/s1. The highest BCUT2D eigenvalue weighted by Crippen LogP contribution is 2.22. The van der Waals surface area contributed by atoms with Gasteiger partial charge in [-0.2, -0.15) is 0 Å². The monoisotopic (exact) mass is 389 g/mol. The molecule has 0 heterocycles. The third-order valence-electron chi connectivity index (χ3n) is 4.74. The third-order valence-corrected chi connectivity index (χ3v) is 4.74. The van der Waals surface area contributed by atoms with Crippen LogP contribution >= 0.6 is 0 Å². The van der Waals surface area contributed by atoms with Crippen molar-refractivity contribution in [3.8, 4) is 0 Å². The maximum Gasteiger partial charge on any atom is 0.171 e. The van der Waals surface area contributed by atoms with Gasteiger partial charge in [-0.1, -0.05) is 133 Å². The van der Waals surface area contributed by atoms with Crippen molar-refractivity contribution in [1.29, 1.82) is 0 Å². The smallest absolute Gasteiger partial charge is 0.171 e. The summed E-state index contributed by atoms with van der Waals surface area (Å²) in [5.41, 5.74) is 5.02. The number of oxime groups is 1. The Hall–Kier alpha value is -3.91. The Morgan fingerprint density at radius 3 is 1.60 bits per heavy atom.